The van der Waals surface area contributed by atoms with Crippen LogP contribution >= 0.6 is 0 Å². The lowest BCUT2D eigenvalue weighted by Gasteiger charge is -2.27. The van der Waals surface area contributed by atoms with E-state index < -0.39 is 0 Å². The van der Waals surface area contributed by atoms with E-state index in [9.17, 15) is 0 Å². The van der Waals surface area contributed by atoms with Gasteiger partial charge in [0.2, 0.25) is 0 Å². The first-order chi connectivity index (χ1) is 25.7. The summed E-state index contributed by atoms with van der Waals surface area (Å²) < 4.78 is 9.02. The molecule has 0 radical (unpaired) electrons. The van der Waals surface area contributed by atoms with Gasteiger partial charge < -0.3 is 13.9 Å². The average Bonchev–Trinajstić information content (AvgIpc) is 3.75. The topological polar surface area (TPSA) is 21.3 Å². The van der Waals surface area contributed by atoms with Gasteiger partial charge in [0.25, 0.3) is 0 Å². The summed E-state index contributed by atoms with van der Waals surface area (Å²) in [4.78, 5) is 2.36. The molecule has 10 rings (SSSR count). The van der Waals surface area contributed by atoms with Gasteiger partial charge in [0.05, 0.1) is 11.0 Å². The van der Waals surface area contributed by atoms with Crippen molar-refractivity contribution in [3.63, 3.8) is 0 Å². The number of aryl methyl sites for hydroxylation is 1. The van der Waals surface area contributed by atoms with Gasteiger partial charge in [-0.25, -0.2) is 0 Å². The van der Waals surface area contributed by atoms with Gasteiger partial charge in [-0.3, -0.25) is 0 Å². The summed E-state index contributed by atoms with van der Waals surface area (Å²) in [7, 11) is 0. The van der Waals surface area contributed by atoms with E-state index in [4.69, 9.17) is 4.42 Å². The largest absolute Gasteiger partial charge is 0.455 e. The van der Waals surface area contributed by atoms with Gasteiger partial charge in [-0.2, -0.15) is 0 Å². The average molecular weight is 667 g/mol. The number of aromatic nitrogens is 1. The van der Waals surface area contributed by atoms with Crippen LogP contribution < -0.4 is 4.90 Å². The van der Waals surface area contributed by atoms with Gasteiger partial charge in [0, 0.05) is 49.9 Å². The normalized spacial score (nSPS) is 11.6. The molecule has 0 aliphatic rings. The van der Waals surface area contributed by atoms with E-state index in [2.05, 4.69) is 198 Å². The van der Waals surface area contributed by atoms with E-state index in [0.29, 0.717) is 0 Å². The van der Waals surface area contributed by atoms with Crippen molar-refractivity contribution in [1.29, 1.82) is 0 Å². The van der Waals surface area contributed by atoms with E-state index in [1.807, 2.05) is 6.07 Å². The quantitative estimate of drug-likeness (QED) is 0.176. The Morgan fingerprint density at radius 2 is 1.02 bits per heavy atom. The minimum Gasteiger partial charge on any atom is -0.455 e. The van der Waals surface area contributed by atoms with E-state index in [0.717, 1.165) is 55.8 Å². The van der Waals surface area contributed by atoms with Gasteiger partial charge in [-0.1, -0.05) is 121 Å². The molecule has 0 atom stereocenters. The van der Waals surface area contributed by atoms with Crippen LogP contribution in [0.4, 0.5) is 17.1 Å². The Morgan fingerprint density at radius 1 is 0.423 bits per heavy atom. The number of fused-ring (bicyclic) bond motifs is 6. The van der Waals surface area contributed by atoms with Gasteiger partial charge >= 0.3 is 0 Å². The molecule has 0 spiro atoms. The standard InChI is InChI=1S/C49H34N2O/c1-33-30-38(28-29-40(33)34-14-4-2-5-15-34)50(36-16-6-3-7-17-36)39-31-44(49-45(32-39)43-20-10-13-23-48(43)52-49)35-24-26-37(27-25-35)51-46-21-11-8-18-41(46)42-19-9-12-22-47(42)51/h2-32H,1H3. The van der Waals surface area contributed by atoms with E-state index >= 15 is 0 Å². The smallest absolute Gasteiger partial charge is 0.143 e. The van der Waals surface area contributed by atoms with Crippen molar-refractivity contribution < 1.29 is 4.42 Å². The van der Waals surface area contributed by atoms with Crippen LogP contribution in [-0.2, 0) is 0 Å². The predicted molar refractivity (Wildman–Crippen MR) is 218 cm³/mol. The minimum absolute atomic E-state index is 0.882. The van der Waals surface area contributed by atoms with Crippen molar-refractivity contribution in [2.45, 2.75) is 6.92 Å². The number of furan rings is 1. The number of hydrogen-bond acceptors (Lipinski definition) is 2. The molecule has 0 aliphatic carbocycles. The van der Waals surface area contributed by atoms with E-state index in [1.165, 1.54) is 38.5 Å². The fraction of sp³-hybridized carbons (Fsp3) is 0.0204. The molecule has 8 aromatic carbocycles. The predicted octanol–water partition coefficient (Wildman–Crippen LogP) is 13.8. The Bertz CT molecular complexity index is 2850. The van der Waals surface area contributed by atoms with Crippen LogP contribution in [0, 0.1) is 6.92 Å². The summed E-state index contributed by atoms with van der Waals surface area (Å²) in [5.74, 6) is 0. The molecule has 0 saturated heterocycles. The number of para-hydroxylation sites is 4. The molecule has 3 heteroatoms. The Balaban J connectivity index is 1.16. The van der Waals surface area contributed by atoms with Gasteiger partial charge in [-0.15, -0.1) is 0 Å². The lowest BCUT2D eigenvalue weighted by atomic mass is 9.98. The minimum atomic E-state index is 0.882. The molecule has 0 N–H and O–H groups in total. The lowest BCUT2D eigenvalue weighted by Crippen LogP contribution is -2.10. The SMILES string of the molecule is Cc1cc(N(c2ccccc2)c2cc(-c3ccc(-n4c5ccccc5c5ccccc54)cc3)c3oc4ccccc4c3c2)ccc1-c1ccccc1. The van der Waals surface area contributed by atoms with Crippen LogP contribution in [0.15, 0.2) is 192 Å². The zero-order chi connectivity index (χ0) is 34.6. The molecule has 0 bridgehead atoms. The van der Waals surface area contributed by atoms with Crippen molar-refractivity contribution >= 4 is 60.8 Å². The van der Waals surface area contributed by atoms with Crippen molar-refractivity contribution in [3.8, 4) is 27.9 Å². The third-order valence-electron chi connectivity index (χ3n) is 10.3. The van der Waals surface area contributed by atoms with Crippen molar-refractivity contribution in [3.05, 3.63) is 194 Å². The summed E-state index contributed by atoms with van der Waals surface area (Å²) >= 11 is 0. The first-order valence-corrected chi connectivity index (χ1v) is 17.8. The van der Waals surface area contributed by atoms with E-state index in [-0.39, 0.29) is 0 Å². The second-order valence-corrected chi connectivity index (χ2v) is 13.4. The molecule has 52 heavy (non-hydrogen) atoms. The van der Waals surface area contributed by atoms with Crippen molar-refractivity contribution in [2.75, 3.05) is 4.90 Å². The molecule has 0 amide bonds. The highest BCUT2D eigenvalue weighted by Gasteiger charge is 2.20. The fourth-order valence-corrected chi connectivity index (χ4v) is 7.90. The number of rotatable bonds is 6. The molecule has 246 valence electrons. The van der Waals surface area contributed by atoms with Crippen molar-refractivity contribution in [1.82, 2.24) is 4.57 Å². The van der Waals surface area contributed by atoms with Gasteiger partial charge in [0.15, 0.2) is 0 Å². The van der Waals surface area contributed by atoms with Gasteiger partial charge in [0.1, 0.15) is 11.2 Å². The zero-order valence-electron chi connectivity index (χ0n) is 28.7. The first-order valence-electron chi connectivity index (χ1n) is 17.8. The van der Waals surface area contributed by atoms with Crippen LogP contribution in [0.3, 0.4) is 0 Å². The maximum atomic E-state index is 6.66. The molecule has 10 aromatic rings. The molecule has 0 aliphatic heterocycles. The molecule has 0 unspecified atom stereocenters. The Labute approximate surface area is 302 Å². The molecule has 2 heterocycles. The molecule has 2 aromatic heterocycles. The monoisotopic (exact) mass is 666 g/mol. The lowest BCUT2D eigenvalue weighted by molar-refractivity contribution is 0.670. The third kappa shape index (κ3) is 4.90. The highest BCUT2D eigenvalue weighted by Crippen LogP contribution is 2.44. The maximum Gasteiger partial charge on any atom is 0.143 e. The van der Waals surface area contributed by atoms with E-state index in [1.54, 1.807) is 0 Å². The summed E-state index contributed by atoms with van der Waals surface area (Å²) in [5, 5.41) is 4.71. The summed E-state index contributed by atoms with van der Waals surface area (Å²) in [6.07, 6.45) is 0. The second kappa shape index (κ2) is 12.2. The highest BCUT2D eigenvalue weighted by atomic mass is 16.3. The van der Waals surface area contributed by atoms with Crippen LogP contribution in [-0.4, -0.2) is 4.57 Å². The van der Waals surface area contributed by atoms with Crippen LogP contribution in [0.25, 0.3) is 71.7 Å². The third-order valence-corrected chi connectivity index (χ3v) is 10.3. The van der Waals surface area contributed by atoms with Crippen molar-refractivity contribution in [2.24, 2.45) is 0 Å². The Kier molecular flexibility index (Phi) is 7.04. The molecular formula is C49H34N2O. The number of hydrogen-bond donors (Lipinski definition) is 0. The summed E-state index contributed by atoms with van der Waals surface area (Å²) in [6, 6.07) is 67.2. The Hall–Kier alpha value is -6.84. The van der Waals surface area contributed by atoms with Crippen LogP contribution in [0.1, 0.15) is 5.56 Å². The molecule has 0 fully saturated rings. The fourth-order valence-electron chi connectivity index (χ4n) is 7.90. The molecule has 0 saturated carbocycles. The highest BCUT2D eigenvalue weighted by molar-refractivity contribution is 6.12. The zero-order valence-corrected chi connectivity index (χ0v) is 28.7. The number of nitrogens with zero attached hydrogens (tertiary/aromatic N) is 2. The number of benzene rings is 8. The number of anilines is 3. The molecule has 3 nitrogen and oxygen atoms in total. The first kappa shape index (κ1) is 30.0. The summed E-state index contributed by atoms with van der Waals surface area (Å²) in [5.41, 5.74) is 14.4. The van der Waals surface area contributed by atoms with Crippen LogP contribution in [0.5, 0.6) is 0 Å². The maximum absolute atomic E-state index is 6.66. The Morgan fingerprint density at radius 3 is 1.71 bits per heavy atom. The molecular weight excluding hydrogens is 633 g/mol. The van der Waals surface area contributed by atoms with Gasteiger partial charge in [-0.05, 0) is 95.9 Å². The second-order valence-electron chi connectivity index (χ2n) is 13.4. The summed E-state index contributed by atoms with van der Waals surface area (Å²) in [6.45, 7) is 2.20. The van der Waals surface area contributed by atoms with Crippen LogP contribution in [0.2, 0.25) is 0 Å².